The Kier molecular flexibility index (Phi) is 4.10. The lowest BCUT2D eigenvalue weighted by Crippen LogP contribution is -2.07. The fraction of sp³-hybridized carbons (Fsp3) is 0.150. The maximum atomic E-state index is 14.4. The zero-order valence-electron chi connectivity index (χ0n) is 12.8. The van der Waals surface area contributed by atoms with Gasteiger partial charge in [-0.25, -0.2) is 4.39 Å². The van der Waals surface area contributed by atoms with Gasteiger partial charge in [0.25, 0.3) is 0 Å². The van der Waals surface area contributed by atoms with Gasteiger partial charge in [-0.2, -0.15) is 0 Å². The van der Waals surface area contributed by atoms with Gasteiger partial charge in [-0.15, -0.1) is 6.42 Å². The summed E-state index contributed by atoms with van der Waals surface area (Å²) in [5, 5.41) is 11.5. The van der Waals surface area contributed by atoms with E-state index in [4.69, 9.17) is 6.42 Å². The molecule has 3 aromatic rings. The first-order chi connectivity index (χ1) is 11.1. The lowest BCUT2D eigenvalue weighted by molar-refractivity contribution is 0.233. The first-order valence-electron chi connectivity index (χ1n) is 7.36. The predicted octanol–water partition coefficient (Wildman–Crippen LogP) is 3.89. The molecule has 0 radical (unpaired) electrons. The second-order valence-electron chi connectivity index (χ2n) is 5.59. The van der Waals surface area contributed by atoms with E-state index in [1.807, 2.05) is 31.2 Å². The number of hydrogen-bond acceptors (Lipinski definition) is 2. The number of aliphatic hydroxyl groups excluding tert-OH is 1. The van der Waals surface area contributed by atoms with Crippen molar-refractivity contribution in [3.63, 3.8) is 0 Å². The molecule has 23 heavy (non-hydrogen) atoms. The molecule has 1 atom stereocenters. The molecule has 2 nitrogen and oxygen atoms in total. The Hall–Kier alpha value is -2.70. The van der Waals surface area contributed by atoms with E-state index in [9.17, 15) is 9.50 Å². The van der Waals surface area contributed by atoms with Gasteiger partial charge in [0.05, 0.1) is 0 Å². The van der Waals surface area contributed by atoms with Crippen LogP contribution in [0, 0.1) is 25.1 Å². The van der Waals surface area contributed by atoms with Crippen molar-refractivity contribution < 1.29 is 9.50 Å². The fourth-order valence-corrected chi connectivity index (χ4v) is 2.62. The number of terminal acetylenes is 1. The van der Waals surface area contributed by atoms with E-state index >= 15 is 0 Å². The van der Waals surface area contributed by atoms with Crippen LogP contribution in [0.2, 0.25) is 0 Å². The Labute approximate surface area is 134 Å². The second kappa shape index (κ2) is 6.20. The van der Waals surface area contributed by atoms with E-state index in [1.54, 1.807) is 18.3 Å². The van der Waals surface area contributed by atoms with Crippen LogP contribution in [0.4, 0.5) is 4.39 Å². The Balaban J connectivity index is 1.98. The summed E-state index contributed by atoms with van der Waals surface area (Å²) >= 11 is 0. The molecule has 0 fully saturated rings. The van der Waals surface area contributed by atoms with Gasteiger partial charge in [-0.1, -0.05) is 30.2 Å². The van der Waals surface area contributed by atoms with E-state index in [1.165, 1.54) is 6.07 Å². The molecule has 1 aromatic heterocycles. The molecule has 0 aliphatic carbocycles. The number of hydrogen-bond donors (Lipinski definition) is 1. The van der Waals surface area contributed by atoms with Gasteiger partial charge in [-0.05, 0) is 41.6 Å². The Bertz CT molecular complexity index is 911. The van der Waals surface area contributed by atoms with Crippen LogP contribution in [0.25, 0.3) is 21.9 Å². The van der Waals surface area contributed by atoms with Crippen LogP contribution < -0.4 is 0 Å². The third-order valence-electron chi connectivity index (χ3n) is 3.82. The highest BCUT2D eigenvalue weighted by Crippen LogP contribution is 2.27. The van der Waals surface area contributed by atoms with E-state index in [0.29, 0.717) is 11.1 Å². The first-order valence-corrected chi connectivity index (χ1v) is 7.36. The van der Waals surface area contributed by atoms with Crippen LogP contribution in [0.1, 0.15) is 11.3 Å². The van der Waals surface area contributed by atoms with Crippen molar-refractivity contribution >= 4 is 10.8 Å². The number of aryl methyl sites for hydroxylation is 1. The van der Waals surface area contributed by atoms with Gasteiger partial charge in [0, 0.05) is 29.3 Å². The lowest BCUT2D eigenvalue weighted by atomic mass is 9.99. The number of nitrogens with zero attached hydrogens (tertiary/aromatic N) is 1. The highest BCUT2D eigenvalue weighted by molar-refractivity contribution is 5.87. The summed E-state index contributed by atoms with van der Waals surface area (Å²) in [6.45, 7) is 1.94. The molecule has 0 aliphatic heterocycles. The standard InChI is InChI=1S/C20H16FNO/c1-3-18(23)9-14-4-7-19(20(21)10-14)16-6-5-15-8-13(2)22-12-17(15)11-16/h1,4-8,10-12,18,23H,9H2,2H3. The smallest absolute Gasteiger partial charge is 0.131 e. The molecule has 0 aliphatic rings. The van der Waals surface area contributed by atoms with Crippen molar-refractivity contribution in [1.82, 2.24) is 4.98 Å². The maximum Gasteiger partial charge on any atom is 0.131 e. The minimum Gasteiger partial charge on any atom is -0.380 e. The van der Waals surface area contributed by atoms with Crippen molar-refractivity contribution in [2.75, 3.05) is 0 Å². The molecule has 0 bridgehead atoms. The zero-order valence-corrected chi connectivity index (χ0v) is 12.8. The summed E-state index contributed by atoms with van der Waals surface area (Å²) < 4.78 is 14.4. The van der Waals surface area contributed by atoms with Gasteiger partial charge >= 0.3 is 0 Å². The molecule has 2 aromatic carbocycles. The molecule has 0 saturated carbocycles. The first kappa shape index (κ1) is 15.2. The molecule has 3 heteroatoms. The second-order valence-corrected chi connectivity index (χ2v) is 5.59. The molecule has 0 spiro atoms. The number of fused-ring (bicyclic) bond motifs is 1. The SMILES string of the molecule is C#CC(O)Cc1ccc(-c2ccc3cc(C)ncc3c2)c(F)c1. The van der Waals surface area contributed by atoms with Crippen molar-refractivity contribution in [2.24, 2.45) is 0 Å². The van der Waals surface area contributed by atoms with Crippen molar-refractivity contribution in [2.45, 2.75) is 19.4 Å². The van der Waals surface area contributed by atoms with E-state index in [-0.39, 0.29) is 12.2 Å². The number of aromatic nitrogens is 1. The Morgan fingerprint density at radius 3 is 2.74 bits per heavy atom. The summed E-state index contributed by atoms with van der Waals surface area (Å²) in [5.41, 5.74) is 2.94. The predicted molar refractivity (Wildman–Crippen MR) is 90.4 cm³/mol. The van der Waals surface area contributed by atoms with E-state index in [0.717, 1.165) is 22.0 Å². The van der Waals surface area contributed by atoms with E-state index < -0.39 is 6.10 Å². The molecule has 114 valence electrons. The molecule has 0 saturated heterocycles. The molecule has 3 rings (SSSR count). The van der Waals surface area contributed by atoms with Gasteiger partial charge in [0.1, 0.15) is 11.9 Å². The topological polar surface area (TPSA) is 33.1 Å². The molecule has 1 unspecified atom stereocenters. The number of rotatable bonds is 3. The summed E-state index contributed by atoms with van der Waals surface area (Å²) in [5.74, 6) is 1.90. The van der Waals surface area contributed by atoms with Gasteiger partial charge in [0.2, 0.25) is 0 Å². The zero-order chi connectivity index (χ0) is 16.4. The Morgan fingerprint density at radius 2 is 2.00 bits per heavy atom. The third-order valence-corrected chi connectivity index (χ3v) is 3.82. The lowest BCUT2D eigenvalue weighted by Gasteiger charge is -2.09. The quantitative estimate of drug-likeness (QED) is 0.745. The highest BCUT2D eigenvalue weighted by atomic mass is 19.1. The maximum absolute atomic E-state index is 14.4. The Morgan fingerprint density at radius 1 is 1.17 bits per heavy atom. The van der Waals surface area contributed by atoms with E-state index in [2.05, 4.69) is 10.9 Å². The van der Waals surface area contributed by atoms with Crippen LogP contribution in [0.3, 0.4) is 0 Å². The highest BCUT2D eigenvalue weighted by Gasteiger charge is 2.09. The molecular weight excluding hydrogens is 289 g/mol. The van der Waals surface area contributed by atoms with Crippen molar-refractivity contribution in [3.8, 4) is 23.5 Å². The van der Waals surface area contributed by atoms with Crippen LogP contribution >= 0.6 is 0 Å². The summed E-state index contributed by atoms with van der Waals surface area (Å²) in [6, 6.07) is 12.7. The largest absolute Gasteiger partial charge is 0.380 e. The number of aliphatic hydroxyl groups is 1. The van der Waals surface area contributed by atoms with Gasteiger partial charge in [0.15, 0.2) is 0 Å². The summed E-state index contributed by atoms with van der Waals surface area (Å²) in [7, 11) is 0. The minimum absolute atomic E-state index is 0.245. The molecule has 1 N–H and O–H groups in total. The van der Waals surface area contributed by atoms with Crippen LogP contribution in [-0.4, -0.2) is 16.2 Å². The summed E-state index contributed by atoms with van der Waals surface area (Å²) in [4.78, 5) is 4.28. The monoisotopic (exact) mass is 305 g/mol. The molecule has 0 amide bonds. The molecule has 1 heterocycles. The molecular formula is C20H16FNO. The fourth-order valence-electron chi connectivity index (χ4n) is 2.62. The van der Waals surface area contributed by atoms with Crippen LogP contribution in [0.15, 0.2) is 48.7 Å². The average molecular weight is 305 g/mol. The van der Waals surface area contributed by atoms with Gasteiger partial charge < -0.3 is 5.11 Å². The number of benzene rings is 2. The van der Waals surface area contributed by atoms with Crippen LogP contribution in [-0.2, 0) is 6.42 Å². The normalized spacial score (nSPS) is 12.1. The van der Waals surface area contributed by atoms with Crippen molar-refractivity contribution in [1.29, 1.82) is 0 Å². The van der Waals surface area contributed by atoms with Crippen molar-refractivity contribution in [3.05, 3.63) is 65.7 Å². The number of halogens is 1. The summed E-state index contributed by atoms with van der Waals surface area (Å²) in [6.07, 6.45) is 6.29. The van der Waals surface area contributed by atoms with Gasteiger partial charge in [-0.3, -0.25) is 4.98 Å². The third kappa shape index (κ3) is 3.23. The van der Waals surface area contributed by atoms with Crippen LogP contribution in [0.5, 0.6) is 0 Å². The minimum atomic E-state index is -0.893. The number of pyridine rings is 1. The average Bonchev–Trinajstić information content (AvgIpc) is 2.54.